The number of tetrazole rings is 1. The standard InChI is InChI=1S/C17H19N5O4/c1-26-14-3-2-11(8-13(14)22-10-18-19-20-22)15(23)21-6-4-17(5-7-21)9-12(17)16(24)25/h2-3,8,10,12H,4-7,9H2,1H3,(H,24,25). The maximum Gasteiger partial charge on any atom is 0.307 e. The number of piperidine rings is 1. The maximum absolute atomic E-state index is 12.9. The second-order valence-electron chi connectivity index (χ2n) is 6.89. The fraction of sp³-hybridized carbons (Fsp3) is 0.471. The first-order valence-electron chi connectivity index (χ1n) is 8.47. The smallest absolute Gasteiger partial charge is 0.307 e. The summed E-state index contributed by atoms with van der Waals surface area (Å²) in [6.07, 6.45) is 3.66. The molecule has 4 rings (SSSR count). The zero-order chi connectivity index (χ0) is 18.3. The zero-order valence-corrected chi connectivity index (χ0v) is 14.3. The third-order valence-corrected chi connectivity index (χ3v) is 5.56. The van der Waals surface area contributed by atoms with Crippen LogP contribution in [0.2, 0.25) is 0 Å². The van der Waals surface area contributed by atoms with Gasteiger partial charge in [0, 0.05) is 18.7 Å². The van der Waals surface area contributed by atoms with Gasteiger partial charge in [0.15, 0.2) is 0 Å². The molecule has 2 aliphatic rings. The molecule has 2 aromatic rings. The van der Waals surface area contributed by atoms with Crippen LogP contribution in [0.25, 0.3) is 5.69 Å². The molecule has 9 nitrogen and oxygen atoms in total. The summed E-state index contributed by atoms with van der Waals surface area (Å²) in [6.45, 7) is 1.16. The average molecular weight is 357 g/mol. The molecule has 26 heavy (non-hydrogen) atoms. The van der Waals surface area contributed by atoms with Crippen molar-refractivity contribution in [3.8, 4) is 11.4 Å². The van der Waals surface area contributed by atoms with E-state index in [4.69, 9.17) is 4.74 Å². The molecular formula is C17H19N5O4. The summed E-state index contributed by atoms with van der Waals surface area (Å²) in [6, 6.07) is 5.15. The number of hydrogen-bond acceptors (Lipinski definition) is 6. The molecule has 2 fully saturated rings. The van der Waals surface area contributed by atoms with Crippen LogP contribution in [0.4, 0.5) is 0 Å². The molecule has 1 aromatic heterocycles. The SMILES string of the molecule is COc1ccc(C(=O)N2CCC3(CC2)CC3C(=O)O)cc1-n1cnnn1. The predicted molar refractivity (Wildman–Crippen MR) is 89.0 cm³/mol. The number of aliphatic carboxylic acids is 1. The van der Waals surface area contributed by atoms with E-state index in [1.807, 2.05) is 0 Å². The molecule has 0 radical (unpaired) electrons. The Bertz CT molecular complexity index is 843. The fourth-order valence-electron chi connectivity index (χ4n) is 3.86. The van der Waals surface area contributed by atoms with Gasteiger partial charge in [-0.15, -0.1) is 5.10 Å². The molecule has 1 N–H and O–H groups in total. The predicted octanol–water partition coefficient (Wildman–Crippen LogP) is 0.998. The van der Waals surface area contributed by atoms with Gasteiger partial charge in [0.05, 0.1) is 13.0 Å². The van der Waals surface area contributed by atoms with Crippen molar-refractivity contribution in [2.75, 3.05) is 20.2 Å². The number of rotatable bonds is 4. The van der Waals surface area contributed by atoms with E-state index < -0.39 is 5.97 Å². The van der Waals surface area contributed by atoms with Crippen LogP contribution in [0.15, 0.2) is 24.5 Å². The van der Waals surface area contributed by atoms with E-state index >= 15 is 0 Å². The number of likely N-dealkylation sites (tertiary alicyclic amines) is 1. The lowest BCUT2D eigenvalue weighted by molar-refractivity contribution is -0.139. The van der Waals surface area contributed by atoms with Gasteiger partial charge in [0.1, 0.15) is 17.8 Å². The van der Waals surface area contributed by atoms with Gasteiger partial charge in [-0.3, -0.25) is 9.59 Å². The fourth-order valence-corrected chi connectivity index (χ4v) is 3.86. The van der Waals surface area contributed by atoms with Gasteiger partial charge in [-0.1, -0.05) is 0 Å². The molecule has 136 valence electrons. The number of carbonyl (C=O) groups is 2. The van der Waals surface area contributed by atoms with Crippen LogP contribution in [-0.4, -0.2) is 62.3 Å². The monoisotopic (exact) mass is 357 g/mol. The Hall–Kier alpha value is -2.97. The lowest BCUT2D eigenvalue weighted by Gasteiger charge is -2.32. The van der Waals surface area contributed by atoms with Gasteiger partial charge in [-0.05, 0) is 53.3 Å². The van der Waals surface area contributed by atoms with Crippen molar-refractivity contribution in [2.24, 2.45) is 11.3 Å². The van der Waals surface area contributed by atoms with E-state index in [2.05, 4.69) is 15.5 Å². The van der Waals surface area contributed by atoms with E-state index in [-0.39, 0.29) is 17.2 Å². The summed E-state index contributed by atoms with van der Waals surface area (Å²) in [5, 5.41) is 20.3. The highest BCUT2D eigenvalue weighted by Gasteiger charge is 2.59. The molecule has 1 amide bonds. The summed E-state index contributed by atoms with van der Waals surface area (Å²) in [5.74, 6) is -0.476. The molecule has 1 saturated carbocycles. The summed E-state index contributed by atoms with van der Waals surface area (Å²) in [5.41, 5.74) is 1.02. The van der Waals surface area contributed by atoms with Crippen molar-refractivity contribution in [1.29, 1.82) is 0 Å². The minimum absolute atomic E-state index is 0.0793. The molecule has 1 atom stereocenters. The molecule has 9 heteroatoms. The number of amides is 1. The van der Waals surface area contributed by atoms with E-state index in [1.54, 1.807) is 30.2 Å². The average Bonchev–Trinajstić information content (AvgIpc) is 3.10. The van der Waals surface area contributed by atoms with Crippen molar-refractivity contribution < 1.29 is 19.4 Å². The number of ether oxygens (including phenoxy) is 1. The van der Waals surface area contributed by atoms with Gasteiger partial charge < -0.3 is 14.7 Å². The molecule has 1 aromatic carbocycles. The number of carboxylic acids is 1. The Balaban J connectivity index is 1.51. The number of benzene rings is 1. The molecular weight excluding hydrogens is 338 g/mol. The van der Waals surface area contributed by atoms with Crippen LogP contribution < -0.4 is 4.74 Å². The second kappa shape index (κ2) is 6.08. The summed E-state index contributed by atoms with van der Waals surface area (Å²) in [4.78, 5) is 25.8. The number of hydrogen-bond donors (Lipinski definition) is 1. The molecule has 1 spiro atoms. The number of carboxylic acid groups (broad SMARTS) is 1. The molecule has 2 heterocycles. The number of methoxy groups -OCH3 is 1. The molecule has 1 unspecified atom stereocenters. The van der Waals surface area contributed by atoms with Crippen LogP contribution in [0, 0.1) is 11.3 Å². The van der Waals surface area contributed by atoms with E-state index in [9.17, 15) is 14.7 Å². The van der Waals surface area contributed by atoms with Crippen LogP contribution in [0.3, 0.4) is 0 Å². The highest BCUT2D eigenvalue weighted by atomic mass is 16.5. The molecule has 1 saturated heterocycles. The van der Waals surface area contributed by atoms with E-state index in [1.165, 1.54) is 11.0 Å². The minimum atomic E-state index is -0.717. The Labute approximate surface area is 149 Å². The normalized spacial score (nSPS) is 20.8. The molecule has 0 bridgehead atoms. The summed E-state index contributed by atoms with van der Waals surface area (Å²) < 4.78 is 6.77. The minimum Gasteiger partial charge on any atom is -0.494 e. The topological polar surface area (TPSA) is 110 Å². The third-order valence-electron chi connectivity index (χ3n) is 5.56. The van der Waals surface area contributed by atoms with Gasteiger partial charge in [-0.25, -0.2) is 0 Å². The first kappa shape index (κ1) is 16.5. The van der Waals surface area contributed by atoms with Crippen molar-refractivity contribution in [3.05, 3.63) is 30.1 Å². The second-order valence-corrected chi connectivity index (χ2v) is 6.89. The summed E-state index contributed by atoms with van der Waals surface area (Å²) in [7, 11) is 1.54. The van der Waals surface area contributed by atoms with Crippen LogP contribution in [-0.2, 0) is 4.79 Å². The van der Waals surface area contributed by atoms with E-state index in [0.29, 0.717) is 30.1 Å². The third kappa shape index (κ3) is 2.69. The first-order chi connectivity index (χ1) is 12.5. The lowest BCUT2D eigenvalue weighted by atomic mass is 9.90. The van der Waals surface area contributed by atoms with Gasteiger partial charge in [0.25, 0.3) is 5.91 Å². The van der Waals surface area contributed by atoms with Crippen molar-refractivity contribution in [2.45, 2.75) is 19.3 Å². The van der Waals surface area contributed by atoms with Crippen molar-refractivity contribution >= 4 is 11.9 Å². The van der Waals surface area contributed by atoms with Crippen LogP contribution >= 0.6 is 0 Å². The van der Waals surface area contributed by atoms with Crippen LogP contribution in [0.1, 0.15) is 29.6 Å². The van der Waals surface area contributed by atoms with Crippen LogP contribution in [0.5, 0.6) is 5.75 Å². The Morgan fingerprint density at radius 3 is 2.65 bits per heavy atom. The number of nitrogens with zero attached hydrogens (tertiary/aromatic N) is 5. The maximum atomic E-state index is 12.9. The molecule has 1 aliphatic heterocycles. The highest BCUT2D eigenvalue weighted by Crippen LogP contribution is 2.59. The largest absolute Gasteiger partial charge is 0.494 e. The quantitative estimate of drug-likeness (QED) is 0.869. The van der Waals surface area contributed by atoms with Crippen molar-refractivity contribution in [3.63, 3.8) is 0 Å². The summed E-state index contributed by atoms with van der Waals surface area (Å²) >= 11 is 0. The Morgan fingerprint density at radius 2 is 2.08 bits per heavy atom. The lowest BCUT2D eigenvalue weighted by Crippen LogP contribution is -2.40. The van der Waals surface area contributed by atoms with Gasteiger partial charge in [-0.2, -0.15) is 4.68 Å². The number of aromatic nitrogens is 4. The Morgan fingerprint density at radius 1 is 1.31 bits per heavy atom. The highest BCUT2D eigenvalue weighted by molar-refractivity contribution is 5.95. The zero-order valence-electron chi connectivity index (χ0n) is 14.3. The van der Waals surface area contributed by atoms with Crippen molar-refractivity contribution in [1.82, 2.24) is 25.1 Å². The van der Waals surface area contributed by atoms with E-state index in [0.717, 1.165) is 19.3 Å². The van der Waals surface area contributed by atoms with Gasteiger partial charge in [0.2, 0.25) is 0 Å². The Kier molecular flexibility index (Phi) is 3.86. The molecule has 1 aliphatic carbocycles. The first-order valence-corrected chi connectivity index (χ1v) is 8.47. The van der Waals surface area contributed by atoms with Gasteiger partial charge >= 0.3 is 5.97 Å². The number of carbonyl (C=O) groups excluding carboxylic acids is 1.